The molecule has 0 fully saturated rings. The van der Waals surface area contributed by atoms with Crippen LogP contribution in [0.25, 0.3) is 0 Å². The summed E-state index contributed by atoms with van der Waals surface area (Å²) >= 11 is 1.54. The molecule has 1 unspecified atom stereocenters. The first-order valence-electron chi connectivity index (χ1n) is 6.65. The van der Waals surface area contributed by atoms with E-state index in [4.69, 9.17) is 9.84 Å². The van der Waals surface area contributed by atoms with Gasteiger partial charge < -0.3 is 20.5 Å². The van der Waals surface area contributed by atoms with Crippen molar-refractivity contribution in [2.75, 3.05) is 30.5 Å². The van der Waals surface area contributed by atoms with Crippen molar-refractivity contribution in [3.8, 4) is 5.75 Å². The van der Waals surface area contributed by atoms with Gasteiger partial charge in [0.15, 0.2) is 5.75 Å². The quantitative estimate of drug-likeness (QED) is 0.737. The standard InChI is InChI=1S/C14H18N2O4S/c1-21-8-5-11(14(18)19)16-13(17)9-3-2-4-10-12(9)20-7-6-15-10/h2-4,11,15H,5-8H2,1H3,(H,16,17)(H,18,19). The normalized spacial score (nSPS) is 14.3. The van der Waals surface area contributed by atoms with E-state index < -0.39 is 17.9 Å². The molecule has 7 heteroatoms. The van der Waals surface area contributed by atoms with Gasteiger partial charge in [-0.15, -0.1) is 0 Å². The molecule has 0 aliphatic carbocycles. The van der Waals surface area contributed by atoms with Gasteiger partial charge in [0.05, 0.1) is 11.3 Å². The van der Waals surface area contributed by atoms with Crippen LogP contribution in [0.4, 0.5) is 5.69 Å². The second kappa shape index (κ2) is 7.21. The van der Waals surface area contributed by atoms with E-state index in [1.165, 1.54) is 0 Å². The molecule has 114 valence electrons. The minimum absolute atomic E-state index is 0.357. The maximum atomic E-state index is 12.3. The van der Waals surface area contributed by atoms with E-state index in [9.17, 15) is 9.59 Å². The predicted octanol–water partition coefficient (Wildman–Crippen LogP) is 1.43. The first-order chi connectivity index (χ1) is 10.1. The van der Waals surface area contributed by atoms with E-state index in [-0.39, 0.29) is 0 Å². The van der Waals surface area contributed by atoms with Crippen LogP contribution in [0.2, 0.25) is 0 Å². The molecule has 1 aromatic rings. The summed E-state index contributed by atoms with van der Waals surface area (Å²) in [6, 6.07) is 4.31. The Balaban J connectivity index is 2.14. The van der Waals surface area contributed by atoms with Crippen LogP contribution >= 0.6 is 11.8 Å². The highest BCUT2D eigenvalue weighted by molar-refractivity contribution is 7.98. The first-order valence-corrected chi connectivity index (χ1v) is 8.05. The molecule has 1 atom stereocenters. The van der Waals surface area contributed by atoms with E-state index in [2.05, 4.69) is 10.6 Å². The van der Waals surface area contributed by atoms with Crippen LogP contribution < -0.4 is 15.4 Å². The summed E-state index contributed by atoms with van der Waals surface area (Å²) in [6.45, 7) is 1.16. The zero-order valence-corrected chi connectivity index (χ0v) is 12.5. The summed E-state index contributed by atoms with van der Waals surface area (Å²) in [5.41, 5.74) is 1.11. The number of thioether (sulfide) groups is 1. The van der Waals surface area contributed by atoms with Gasteiger partial charge in [-0.25, -0.2) is 4.79 Å². The van der Waals surface area contributed by atoms with Gasteiger partial charge in [-0.3, -0.25) is 4.79 Å². The van der Waals surface area contributed by atoms with Gasteiger partial charge in [0, 0.05) is 6.54 Å². The van der Waals surface area contributed by atoms with Gasteiger partial charge in [0.1, 0.15) is 12.6 Å². The number of benzene rings is 1. The third-order valence-corrected chi connectivity index (χ3v) is 3.78. The topological polar surface area (TPSA) is 87.7 Å². The molecule has 0 spiro atoms. The number of rotatable bonds is 6. The van der Waals surface area contributed by atoms with Gasteiger partial charge in [0.25, 0.3) is 5.91 Å². The number of hydrogen-bond acceptors (Lipinski definition) is 5. The summed E-state index contributed by atoms with van der Waals surface area (Å²) in [7, 11) is 0. The number of hydrogen-bond donors (Lipinski definition) is 3. The molecule has 1 aliphatic rings. The number of fused-ring (bicyclic) bond motifs is 1. The third-order valence-electron chi connectivity index (χ3n) is 3.14. The Hall–Kier alpha value is -1.89. The second-order valence-electron chi connectivity index (χ2n) is 4.60. The fourth-order valence-electron chi connectivity index (χ4n) is 2.08. The van der Waals surface area contributed by atoms with Gasteiger partial charge in [-0.05, 0) is 30.6 Å². The second-order valence-corrected chi connectivity index (χ2v) is 5.59. The molecular weight excluding hydrogens is 292 g/mol. The average molecular weight is 310 g/mol. The number of para-hydroxylation sites is 1. The van der Waals surface area contributed by atoms with Crippen LogP contribution in [0.5, 0.6) is 5.75 Å². The van der Waals surface area contributed by atoms with Gasteiger partial charge in [0.2, 0.25) is 0 Å². The molecule has 6 nitrogen and oxygen atoms in total. The van der Waals surface area contributed by atoms with Crippen LogP contribution in [0.3, 0.4) is 0 Å². The number of aliphatic carboxylic acids is 1. The van der Waals surface area contributed by atoms with E-state index in [1.54, 1.807) is 23.9 Å². The van der Waals surface area contributed by atoms with E-state index >= 15 is 0 Å². The number of ether oxygens (including phenoxy) is 1. The molecule has 2 rings (SSSR count). The summed E-state index contributed by atoms with van der Waals surface area (Å²) in [5.74, 6) is -0.303. The number of anilines is 1. The summed E-state index contributed by atoms with van der Waals surface area (Å²) in [5, 5.41) is 14.9. The van der Waals surface area contributed by atoms with Gasteiger partial charge in [-0.2, -0.15) is 11.8 Å². The van der Waals surface area contributed by atoms with E-state index in [0.29, 0.717) is 36.6 Å². The highest BCUT2D eigenvalue weighted by atomic mass is 32.2. The lowest BCUT2D eigenvalue weighted by molar-refractivity contribution is -0.139. The highest BCUT2D eigenvalue weighted by Gasteiger charge is 2.24. The molecule has 1 amide bonds. The summed E-state index contributed by atoms with van der Waals surface area (Å²) in [4.78, 5) is 23.5. The lowest BCUT2D eigenvalue weighted by Gasteiger charge is -2.22. The van der Waals surface area contributed by atoms with Crippen molar-refractivity contribution in [3.05, 3.63) is 23.8 Å². The Labute approximate surface area is 127 Å². The maximum Gasteiger partial charge on any atom is 0.326 e. The zero-order valence-electron chi connectivity index (χ0n) is 11.7. The molecule has 3 N–H and O–H groups in total. The highest BCUT2D eigenvalue weighted by Crippen LogP contribution is 2.31. The van der Waals surface area contributed by atoms with E-state index in [1.807, 2.05) is 12.3 Å². The first kappa shape index (κ1) is 15.5. The molecule has 0 bridgehead atoms. The summed E-state index contributed by atoms with van der Waals surface area (Å²) in [6.07, 6.45) is 2.28. The lowest BCUT2D eigenvalue weighted by Crippen LogP contribution is -2.41. The minimum Gasteiger partial charge on any atom is -0.489 e. The van der Waals surface area contributed by atoms with Crippen molar-refractivity contribution in [2.45, 2.75) is 12.5 Å². The Morgan fingerprint density at radius 2 is 2.33 bits per heavy atom. The van der Waals surface area contributed by atoms with Crippen molar-refractivity contribution in [3.63, 3.8) is 0 Å². The zero-order chi connectivity index (χ0) is 15.2. The van der Waals surface area contributed by atoms with E-state index in [0.717, 1.165) is 5.69 Å². The Bertz CT molecular complexity index is 536. The SMILES string of the molecule is CSCCC(NC(=O)c1cccc2c1OCCN2)C(=O)O. The number of carbonyl (C=O) groups is 2. The molecule has 0 saturated heterocycles. The van der Waals surface area contributed by atoms with Crippen molar-refractivity contribution >= 4 is 29.3 Å². The van der Waals surface area contributed by atoms with Crippen LogP contribution in [0, 0.1) is 0 Å². The van der Waals surface area contributed by atoms with Crippen molar-refractivity contribution < 1.29 is 19.4 Å². The smallest absolute Gasteiger partial charge is 0.326 e. The van der Waals surface area contributed by atoms with Crippen molar-refractivity contribution in [2.24, 2.45) is 0 Å². The number of nitrogens with one attached hydrogen (secondary N) is 2. The summed E-state index contributed by atoms with van der Waals surface area (Å²) < 4.78 is 5.52. The number of carboxylic acid groups (broad SMARTS) is 1. The molecule has 21 heavy (non-hydrogen) atoms. The molecule has 1 aromatic carbocycles. The Morgan fingerprint density at radius 3 is 3.05 bits per heavy atom. The maximum absolute atomic E-state index is 12.3. The van der Waals surface area contributed by atoms with Crippen molar-refractivity contribution in [1.29, 1.82) is 0 Å². The fourth-order valence-corrected chi connectivity index (χ4v) is 2.55. The molecule has 0 radical (unpaired) electrons. The van der Waals surface area contributed by atoms with Crippen molar-refractivity contribution in [1.82, 2.24) is 5.32 Å². The predicted molar refractivity (Wildman–Crippen MR) is 82.3 cm³/mol. The van der Waals surface area contributed by atoms with Crippen LogP contribution in [-0.2, 0) is 4.79 Å². The van der Waals surface area contributed by atoms with Gasteiger partial charge in [-0.1, -0.05) is 6.07 Å². The molecule has 1 heterocycles. The Morgan fingerprint density at radius 1 is 1.52 bits per heavy atom. The molecule has 0 saturated carbocycles. The van der Waals surface area contributed by atoms with Crippen LogP contribution in [-0.4, -0.2) is 48.2 Å². The number of carbonyl (C=O) groups excluding carboxylic acids is 1. The average Bonchev–Trinajstić information content (AvgIpc) is 2.50. The van der Waals surface area contributed by atoms with Crippen LogP contribution in [0.1, 0.15) is 16.8 Å². The number of carboxylic acids is 1. The number of amides is 1. The van der Waals surface area contributed by atoms with Crippen LogP contribution in [0.15, 0.2) is 18.2 Å². The molecule has 1 aliphatic heterocycles. The minimum atomic E-state index is -1.03. The lowest BCUT2D eigenvalue weighted by atomic mass is 10.1. The third kappa shape index (κ3) is 3.81. The molecular formula is C14H18N2O4S. The monoisotopic (exact) mass is 310 g/mol. The fraction of sp³-hybridized carbons (Fsp3) is 0.429. The Kier molecular flexibility index (Phi) is 5.32. The largest absolute Gasteiger partial charge is 0.489 e. The molecule has 0 aromatic heterocycles. The van der Waals surface area contributed by atoms with Gasteiger partial charge >= 0.3 is 5.97 Å².